The van der Waals surface area contributed by atoms with Crippen LogP contribution < -0.4 is 10.9 Å². The number of ether oxygens (including phenoxy) is 1. The first-order valence-corrected chi connectivity index (χ1v) is 9.55. The van der Waals surface area contributed by atoms with Crippen molar-refractivity contribution in [3.05, 3.63) is 47.0 Å². The summed E-state index contributed by atoms with van der Waals surface area (Å²) in [6.45, 7) is 6.10. The summed E-state index contributed by atoms with van der Waals surface area (Å²) < 4.78 is 5.65. The van der Waals surface area contributed by atoms with Crippen LogP contribution in [-0.4, -0.2) is 16.9 Å². The minimum absolute atomic E-state index is 0. The monoisotopic (exact) mass is 453 g/mol. The molecule has 1 amide bonds. The molecule has 0 radical (unpaired) electrons. The predicted molar refractivity (Wildman–Crippen MR) is 111 cm³/mol. The number of aromatic nitrogens is 1. The first-order valence-electron chi connectivity index (χ1n) is 8.67. The number of rotatable bonds is 6. The summed E-state index contributed by atoms with van der Waals surface area (Å²) in [5.41, 5.74) is 6.01. The van der Waals surface area contributed by atoms with Gasteiger partial charge in [0.15, 0.2) is 5.60 Å². The van der Waals surface area contributed by atoms with Crippen molar-refractivity contribution in [3.8, 4) is 0 Å². The molecule has 6 nitrogen and oxygen atoms in total. The normalized spacial score (nSPS) is 21.5. The van der Waals surface area contributed by atoms with Crippen LogP contribution in [-0.2, 0) is 15.1 Å². The van der Waals surface area contributed by atoms with Gasteiger partial charge in [0.2, 0.25) is 5.13 Å². The maximum absolute atomic E-state index is 12.2. The highest BCUT2D eigenvalue weighted by Gasteiger charge is 2.46. The van der Waals surface area contributed by atoms with Crippen molar-refractivity contribution in [1.82, 2.24) is 10.4 Å². The van der Waals surface area contributed by atoms with Gasteiger partial charge in [0.25, 0.3) is 5.91 Å². The lowest BCUT2D eigenvalue weighted by atomic mass is 9.88. The van der Waals surface area contributed by atoms with E-state index in [9.17, 15) is 9.59 Å². The third-order valence-corrected chi connectivity index (χ3v) is 5.17. The molecular weight excluding hydrogens is 430 g/mol. The molecule has 1 saturated heterocycles. The minimum atomic E-state index is -0.712. The Morgan fingerprint density at radius 2 is 2.07 bits per heavy atom. The van der Waals surface area contributed by atoms with Crippen molar-refractivity contribution in [1.29, 1.82) is 0 Å². The summed E-state index contributed by atoms with van der Waals surface area (Å²) in [5, 5.41) is 2.41. The quantitative estimate of drug-likeness (QED) is 0.503. The lowest BCUT2D eigenvalue weighted by Gasteiger charge is -2.20. The van der Waals surface area contributed by atoms with Crippen molar-refractivity contribution in [2.75, 3.05) is 5.43 Å². The number of carbonyl (C=O) groups is 2. The van der Waals surface area contributed by atoms with E-state index in [1.54, 1.807) is 24.3 Å². The highest BCUT2D eigenvalue weighted by molar-refractivity contribution is 8.93. The molecule has 0 aliphatic carbocycles. The lowest BCUT2D eigenvalue weighted by Crippen LogP contribution is -2.29. The molecule has 1 fully saturated rings. The van der Waals surface area contributed by atoms with E-state index >= 15 is 0 Å². The van der Waals surface area contributed by atoms with Crippen molar-refractivity contribution < 1.29 is 14.3 Å². The van der Waals surface area contributed by atoms with Crippen LogP contribution in [0.2, 0.25) is 0 Å². The maximum atomic E-state index is 12.2. The van der Waals surface area contributed by atoms with E-state index in [1.165, 1.54) is 11.3 Å². The Kier molecular flexibility index (Phi) is 7.00. The molecule has 1 aromatic heterocycles. The highest BCUT2D eigenvalue weighted by atomic mass is 79.9. The standard InChI is InChI=1S/C19H23N3O3S.BrH/c1-12(2)9-14-10-19(3,25-17(14)24)15-11-26-18(20-15)22-21-16(23)13-7-5-4-6-8-13;/h4-8,11-12,14H,9-10H2,1-3H3,(H,20,22)(H,21,23);1H. The zero-order valence-corrected chi connectivity index (χ0v) is 18.1. The van der Waals surface area contributed by atoms with Gasteiger partial charge in [-0.25, -0.2) is 4.98 Å². The first-order chi connectivity index (χ1) is 12.4. The van der Waals surface area contributed by atoms with E-state index in [4.69, 9.17) is 4.74 Å². The summed E-state index contributed by atoms with van der Waals surface area (Å²) in [5.74, 6) is -0.0365. The molecule has 146 valence electrons. The van der Waals surface area contributed by atoms with Crippen LogP contribution in [0.5, 0.6) is 0 Å². The molecule has 8 heteroatoms. The lowest BCUT2D eigenvalue weighted by molar-refractivity contribution is -0.150. The number of cyclic esters (lactones) is 1. The summed E-state index contributed by atoms with van der Waals surface area (Å²) in [7, 11) is 0. The van der Waals surface area contributed by atoms with Gasteiger partial charge < -0.3 is 4.74 Å². The molecule has 3 rings (SSSR count). The SMILES string of the molecule is Br.CC(C)CC1CC(C)(c2csc(NNC(=O)c3ccccc3)n2)OC1=O. The number of thiazole rings is 1. The fourth-order valence-electron chi connectivity index (χ4n) is 3.15. The molecule has 2 N–H and O–H groups in total. The van der Waals surface area contributed by atoms with Crippen molar-refractivity contribution in [2.24, 2.45) is 11.8 Å². The molecule has 2 unspecified atom stereocenters. The van der Waals surface area contributed by atoms with Gasteiger partial charge in [0.1, 0.15) is 0 Å². The smallest absolute Gasteiger partial charge is 0.310 e. The summed E-state index contributed by atoms with van der Waals surface area (Å²) in [6, 6.07) is 8.93. The van der Waals surface area contributed by atoms with Gasteiger partial charge >= 0.3 is 5.97 Å². The fourth-order valence-corrected chi connectivity index (χ4v) is 3.94. The Balaban J connectivity index is 0.00000261. The number of nitrogens with one attached hydrogen (secondary N) is 2. The number of hydrogen-bond acceptors (Lipinski definition) is 6. The van der Waals surface area contributed by atoms with E-state index in [0.717, 1.165) is 6.42 Å². The van der Waals surface area contributed by atoms with Crippen LogP contribution in [0.25, 0.3) is 0 Å². The zero-order valence-electron chi connectivity index (χ0n) is 15.5. The zero-order chi connectivity index (χ0) is 18.7. The van der Waals surface area contributed by atoms with E-state index < -0.39 is 5.60 Å². The molecule has 0 saturated carbocycles. The molecule has 27 heavy (non-hydrogen) atoms. The number of carbonyl (C=O) groups excluding carboxylic acids is 2. The van der Waals surface area contributed by atoms with Crippen molar-refractivity contribution in [3.63, 3.8) is 0 Å². The topological polar surface area (TPSA) is 80.3 Å². The molecule has 1 aliphatic heterocycles. The van der Waals surface area contributed by atoms with Gasteiger partial charge in [0.05, 0.1) is 11.6 Å². The highest BCUT2D eigenvalue weighted by Crippen LogP contribution is 2.42. The summed E-state index contributed by atoms with van der Waals surface area (Å²) >= 11 is 1.36. The molecule has 0 bridgehead atoms. The number of benzene rings is 1. The Labute approximate surface area is 173 Å². The second-order valence-electron chi connectivity index (χ2n) is 7.17. The van der Waals surface area contributed by atoms with Crippen LogP contribution in [0.4, 0.5) is 5.13 Å². The number of hydrazine groups is 1. The largest absolute Gasteiger partial charge is 0.453 e. The van der Waals surface area contributed by atoms with Crippen LogP contribution in [0.1, 0.15) is 49.7 Å². The van der Waals surface area contributed by atoms with Crippen LogP contribution >= 0.6 is 28.3 Å². The number of esters is 1. The molecule has 0 spiro atoms. The Morgan fingerprint density at radius 1 is 1.37 bits per heavy atom. The maximum Gasteiger partial charge on any atom is 0.310 e. The number of halogens is 1. The van der Waals surface area contributed by atoms with Crippen LogP contribution in [0, 0.1) is 11.8 Å². The third kappa shape index (κ3) is 5.07. The molecule has 2 atom stereocenters. The second-order valence-corrected chi connectivity index (χ2v) is 8.02. The Hall–Kier alpha value is -1.93. The number of amides is 1. The Morgan fingerprint density at radius 3 is 2.74 bits per heavy atom. The average molecular weight is 454 g/mol. The minimum Gasteiger partial charge on any atom is -0.453 e. The number of anilines is 1. The van der Waals surface area contributed by atoms with E-state index in [0.29, 0.717) is 28.7 Å². The van der Waals surface area contributed by atoms with Gasteiger partial charge in [-0.2, -0.15) is 0 Å². The van der Waals surface area contributed by atoms with Gasteiger partial charge in [-0.05, 0) is 31.4 Å². The Bertz CT molecular complexity index is 797. The molecule has 1 aromatic carbocycles. The fraction of sp³-hybridized carbons (Fsp3) is 0.421. The van der Waals surface area contributed by atoms with E-state index in [1.807, 2.05) is 18.4 Å². The van der Waals surface area contributed by atoms with Gasteiger partial charge in [-0.15, -0.1) is 28.3 Å². The third-order valence-electron chi connectivity index (χ3n) is 4.42. The molecule has 2 heterocycles. The van der Waals surface area contributed by atoms with Gasteiger partial charge in [0, 0.05) is 17.4 Å². The summed E-state index contributed by atoms with van der Waals surface area (Å²) in [4.78, 5) is 28.7. The second kappa shape index (κ2) is 8.84. The van der Waals surface area contributed by atoms with Gasteiger partial charge in [-0.3, -0.25) is 20.4 Å². The van der Waals surface area contributed by atoms with Crippen LogP contribution in [0.3, 0.4) is 0 Å². The first kappa shape index (κ1) is 21.4. The number of hydrogen-bond donors (Lipinski definition) is 2. The summed E-state index contributed by atoms with van der Waals surface area (Å²) in [6.07, 6.45) is 1.44. The molecular formula is C19H24BrN3O3S. The van der Waals surface area contributed by atoms with Gasteiger partial charge in [-0.1, -0.05) is 32.0 Å². The molecule has 1 aliphatic rings. The van der Waals surface area contributed by atoms with Crippen LogP contribution in [0.15, 0.2) is 35.7 Å². The number of nitrogens with zero attached hydrogens (tertiary/aromatic N) is 1. The predicted octanol–water partition coefficient (Wildman–Crippen LogP) is 4.30. The van der Waals surface area contributed by atoms with Crippen molar-refractivity contribution >= 4 is 45.3 Å². The van der Waals surface area contributed by atoms with E-state index in [-0.39, 0.29) is 34.8 Å². The molecule has 2 aromatic rings. The van der Waals surface area contributed by atoms with Crippen molar-refractivity contribution in [2.45, 2.75) is 39.2 Å². The average Bonchev–Trinajstić information content (AvgIpc) is 3.19. The van der Waals surface area contributed by atoms with E-state index in [2.05, 4.69) is 29.7 Å².